The van der Waals surface area contributed by atoms with Gasteiger partial charge in [0.25, 0.3) is 0 Å². The number of carbonyl (C=O) groups is 2. The van der Waals surface area contributed by atoms with Crippen molar-refractivity contribution < 1.29 is 19.4 Å². The van der Waals surface area contributed by atoms with Crippen molar-refractivity contribution in [1.29, 1.82) is 0 Å². The van der Waals surface area contributed by atoms with E-state index in [1.807, 2.05) is 55.5 Å². The zero-order valence-electron chi connectivity index (χ0n) is 30.2. The normalized spacial score (nSPS) is 19.5. The zero-order valence-corrected chi connectivity index (χ0v) is 30.2. The molecule has 6 rings (SSSR count). The van der Waals surface area contributed by atoms with E-state index in [-0.39, 0.29) is 30.5 Å². The average molecular weight is 732 g/mol. The minimum absolute atomic E-state index is 0.0203. The number of azide groups is 3. The van der Waals surface area contributed by atoms with Crippen LogP contribution in [0.5, 0.6) is 0 Å². The molecule has 0 aliphatic heterocycles. The van der Waals surface area contributed by atoms with E-state index in [1.54, 1.807) is 79.9 Å². The van der Waals surface area contributed by atoms with E-state index in [9.17, 15) is 14.7 Å². The second-order valence-electron chi connectivity index (χ2n) is 12.9. The van der Waals surface area contributed by atoms with Crippen LogP contribution in [0, 0.1) is 6.92 Å². The van der Waals surface area contributed by atoms with Crippen LogP contribution in [-0.2, 0) is 14.3 Å². The Morgan fingerprint density at radius 2 is 0.836 bits per heavy atom. The minimum Gasteiger partial charge on any atom is -0.392 e. The monoisotopic (exact) mass is 731 g/mol. The first-order valence-electron chi connectivity index (χ1n) is 17.3. The Labute approximate surface area is 317 Å². The molecule has 2 aliphatic carbocycles. The van der Waals surface area contributed by atoms with Crippen LogP contribution in [0.25, 0.3) is 55.6 Å². The van der Waals surface area contributed by atoms with Crippen LogP contribution in [0.15, 0.2) is 135 Å². The molecule has 4 aromatic carbocycles. The van der Waals surface area contributed by atoms with Gasteiger partial charge in [-0.25, -0.2) is 0 Å². The molecule has 0 heterocycles. The van der Waals surface area contributed by atoms with Crippen molar-refractivity contribution in [3.05, 3.63) is 179 Å². The van der Waals surface area contributed by atoms with Crippen molar-refractivity contribution in [3.8, 4) is 0 Å². The third-order valence-electron chi connectivity index (χ3n) is 8.91. The second-order valence-corrected chi connectivity index (χ2v) is 12.9. The summed E-state index contributed by atoms with van der Waals surface area (Å²) in [5, 5.41) is 20.8. The summed E-state index contributed by atoms with van der Waals surface area (Å²) in [6.45, 7) is 2.04. The number of aliphatic hydroxyl groups is 1. The van der Waals surface area contributed by atoms with Gasteiger partial charge in [0.15, 0.2) is 11.6 Å². The van der Waals surface area contributed by atoms with E-state index < -0.39 is 6.10 Å². The van der Waals surface area contributed by atoms with Crippen LogP contribution in [0.1, 0.15) is 53.5 Å². The number of carbonyl (C=O) groups excluding carboxylic acids is 2. The Morgan fingerprint density at radius 1 is 0.545 bits per heavy atom. The van der Waals surface area contributed by atoms with Gasteiger partial charge in [-0.15, -0.1) is 0 Å². The minimum atomic E-state index is -0.639. The van der Waals surface area contributed by atoms with Crippen molar-refractivity contribution in [1.82, 2.24) is 0 Å². The van der Waals surface area contributed by atoms with E-state index in [4.69, 9.17) is 21.3 Å². The molecule has 0 saturated heterocycles. The van der Waals surface area contributed by atoms with Gasteiger partial charge >= 0.3 is 0 Å². The maximum atomic E-state index is 13.0. The number of aryl methyl sites for hydroxylation is 1. The fraction of sp³-hybridized carbons (Fsp3) is 0.190. The van der Waals surface area contributed by atoms with E-state index in [0.717, 1.165) is 33.4 Å². The summed E-state index contributed by atoms with van der Waals surface area (Å²) in [6, 6.07) is 28.9. The lowest BCUT2D eigenvalue weighted by Crippen LogP contribution is -2.25. The Balaban J connectivity index is 0.000000211. The van der Waals surface area contributed by atoms with Crippen LogP contribution < -0.4 is 0 Å². The average Bonchev–Trinajstić information content (AvgIpc) is 3.19. The topological polar surface area (TPSA) is 210 Å². The van der Waals surface area contributed by atoms with Gasteiger partial charge in [0.1, 0.15) is 0 Å². The molecule has 1 N–H and O–H groups in total. The third kappa shape index (κ3) is 11.3. The van der Waals surface area contributed by atoms with Gasteiger partial charge in [0.05, 0.1) is 12.2 Å². The fourth-order valence-electron chi connectivity index (χ4n) is 6.12. The number of ether oxygens (including phenoxy) is 1. The number of methoxy groups -OCH3 is 1. The second kappa shape index (κ2) is 19.2. The highest BCUT2D eigenvalue weighted by Gasteiger charge is 2.28. The van der Waals surface area contributed by atoms with Crippen molar-refractivity contribution in [2.45, 2.75) is 44.8 Å². The molecule has 2 fully saturated rings. The molecule has 4 aromatic rings. The standard InChI is InChI=1S/C22H21N3O2.C20H16N6O2/c1-15-3-5-16(6-4-15)11-18-13-21(27-2)14-19(22(18)26)12-17-7-9-20(10-8-17)24-25-23;21-25-23-17-5-1-13(2-6-17)9-15-11-19(27)12-16(20(15)28)10-14-3-7-18(8-4-14)24-26-22/h3-12,21H,13-14H2,1-2H3;1-10,19,27H,11-12H2/b18-11+,19-12+;15-9+,16-10+. The first kappa shape index (κ1) is 39.2. The SMILES string of the molecule is COC1C/C(=C\c2ccc(C)cc2)C(=O)/C(=C/c2ccc(N=[N+]=[N-])cc2)C1.[N-]=[N+]=Nc1ccc(/C=C2\CC(O)C/C(=C\c3ccc(N=[N+]=[N-])cc3)C2=O)cc1. The summed E-state index contributed by atoms with van der Waals surface area (Å²) in [4.78, 5) is 34.0. The predicted octanol–water partition coefficient (Wildman–Crippen LogP) is 11.5. The molecule has 0 amide bonds. The van der Waals surface area contributed by atoms with Gasteiger partial charge < -0.3 is 9.84 Å². The number of rotatable bonds is 8. The molecule has 2 saturated carbocycles. The van der Waals surface area contributed by atoms with E-state index >= 15 is 0 Å². The zero-order chi connectivity index (χ0) is 39.2. The molecule has 0 radical (unpaired) electrons. The Kier molecular flexibility index (Phi) is 13.7. The summed E-state index contributed by atoms with van der Waals surface area (Å²) in [5.41, 5.74) is 34.1. The lowest BCUT2D eigenvalue weighted by Gasteiger charge is -2.24. The van der Waals surface area contributed by atoms with Crippen LogP contribution >= 0.6 is 0 Å². The van der Waals surface area contributed by atoms with Crippen LogP contribution in [-0.4, -0.2) is 36.0 Å². The quantitative estimate of drug-likeness (QED) is 0.0810. The Hall–Kier alpha value is -6.97. The fourth-order valence-corrected chi connectivity index (χ4v) is 6.12. The van der Waals surface area contributed by atoms with Crippen molar-refractivity contribution in [2.75, 3.05) is 7.11 Å². The molecule has 2 aliphatic rings. The summed E-state index contributed by atoms with van der Waals surface area (Å²) in [6.07, 6.45) is 8.41. The number of nitrogens with zero attached hydrogens (tertiary/aromatic N) is 9. The first-order chi connectivity index (χ1) is 26.7. The number of aliphatic hydroxyl groups excluding tert-OH is 1. The van der Waals surface area contributed by atoms with Gasteiger partial charge in [-0.1, -0.05) is 118 Å². The summed E-state index contributed by atoms with van der Waals surface area (Å²) < 4.78 is 5.56. The number of Topliss-reactive ketones (excluding diaryl/α,β-unsaturated/α-hetero) is 2. The molecule has 0 spiro atoms. The molecule has 55 heavy (non-hydrogen) atoms. The highest BCUT2D eigenvalue weighted by molar-refractivity contribution is 6.15. The predicted molar refractivity (Wildman–Crippen MR) is 214 cm³/mol. The Bertz CT molecular complexity index is 2220. The maximum Gasteiger partial charge on any atom is 0.185 e. The smallest absolute Gasteiger partial charge is 0.185 e. The van der Waals surface area contributed by atoms with E-state index in [2.05, 4.69) is 30.1 Å². The van der Waals surface area contributed by atoms with Gasteiger partial charge in [0.2, 0.25) is 0 Å². The summed E-state index contributed by atoms with van der Waals surface area (Å²) in [7, 11) is 1.68. The number of ketones is 2. The Morgan fingerprint density at radius 3 is 1.13 bits per heavy atom. The molecule has 0 aromatic heterocycles. The summed E-state index contributed by atoms with van der Waals surface area (Å²) in [5.74, 6) is -0.0495. The van der Waals surface area contributed by atoms with Crippen molar-refractivity contribution >= 4 is 52.9 Å². The van der Waals surface area contributed by atoms with Gasteiger partial charge in [-0.2, -0.15) is 0 Å². The number of benzene rings is 4. The molecule has 1 unspecified atom stereocenters. The van der Waals surface area contributed by atoms with Crippen molar-refractivity contribution in [2.24, 2.45) is 15.3 Å². The lowest BCUT2D eigenvalue weighted by atomic mass is 9.85. The molecule has 1 atom stereocenters. The lowest BCUT2D eigenvalue weighted by molar-refractivity contribution is -0.114. The number of hydrogen-bond acceptors (Lipinski definition) is 7. The van der Waals surface area contributed by atoms with E-state index in [1.165, 1.54) is 5.56 Å². The molecule has 13 heteroatoms. The van der Waals surface area contributed by atoms with Gasteiger partial charge in [0, 0.05) is 86.9 Å². The van der Waals surface area contributed by atoms with Crippen LogP contribution in [0.3, 0.4) is 0 Å². The number of hydrogen-bond donors (Lipinski definition) is 1. The first-order valence-corrected chi connectivity index (χ1v) is 17.3. The molecule has 0 bridgehead atoms. The molecular formula is C42H37N9O4. The van der Waals surface area contributed by atoms with Crippen LogP contribution in [0.2, 0.25) is 0 Å². The highest BCUT2D eigenvalue weighted by Crippen LogP contribution is 2.31. The molecule has 13 nitrogen and oxygen atoms in total. The maximum absolute atomic E-state index is 13.0. The summed E-state index contributed by atoms with van der Waals surface area (Å²) >= 11 is 0. The van der Waals surface area contributed by atoms with Gasteiger partial charge in [-0.3, -0.25) is 9.59 Å². The highest BCUT2D eigenvalue weighted by atomic mass is 16.5. The molecular weight excluding hydrogens is 695 g/mol. The van der Waals surface area contributed by atoms with Gasteiger partial charge in [-0.05, 0) is 70.1 Å². The van der Waals surface area contributed by atoms with Crippen LogP contribution in [0.4, 0.5) is 17.1 Å². The molecule has 274 valence electrons. The third-order valence-corrected chi connectivity index (χ3v) is 8.91. The van der Waals surface area contributed by atoms with Crippen molar-refractivity contribution in [3.63, 3.8) is 0 Å². The van der Waals surface area contributed by atoms with E-state index in [0.29, 0.717) is 41.1 Å². The largest absolute Gasteiger partial charge is 0.392 e.